The SMILES string of the molecule is CC(C)(C)OC(=O)NCc1ccc(-c2cc(NCC3CC3)ncn2)cc1.Clc1cc(Cl)ncn1.Clc1cc(NCC2CC2)ncn1.NCc1ccc(-c2cc(NCC3CC3)ncn2)cc1. The second-order valence-corrected chi connectivity index (χ2v) is 18.1. The van der Waals surface area contributed by atoms with E-state index in [0.717, 1.165) is 88.5 Å². The molecule has 4 heterocycles. The van der Waals surface area contributed by atoms with Crippen molar-refractivity contribution in [1.29, 1.82) is 0 Å². The Morgan fingerprint density at radius 2 is 0.954 bits per heavy atom. The Morgan fingerprint density at radius 1 is 0.569 bits per heavy atom. The summed E-state index contributed by atoms with van der Waals surface area (Å²) < 4.78 is 5.24. The number of halogens is 3. The summed E-state index contributed by atoms with van der Waals surface area (Å²) in [5.41, 5.74) is 11.2. The normalized spacial score (nSPS) is 13.9. The summed E-state index contributed by atoms with van der Waals surface area (Å²) in [5, 5.41) is 13.9. The van der Waals surface area contributed by atoms with E-state index < -0.39 is 11.7 Å². The highest BCUT2D eigenvalue weighted by Gasteiger charge is 2.22. The summed E-state index contributed by atoms with van der Waals surface area (Å²) in [6.45, 7) is 9.53. The first-order chi connectivity index (χ1) is 31.4. The van der Waals surface area contributed by atoms with Crippen LogP contribution in [0, 0.1) is 17.8 Å². The van der Waals surface area contributed by atoms with E-state index >= 15 is 0 Å². The summed E-state index contributed by atoms with van der Waals surface area (Å²) in [4.78, 5) is 44.0. The molecule has 0 aliphatic heterocycles. The maximum atomic E-state index is 11.7. The van der Waals surface area contributed by atoms with Crippen LogP contribution in [-0.2, 0) is 17.8 Å². The standard InChI is InChI=1S/C20H26N4O2.C15H18N4.C8H10ClN3.C4H2Cl2N2/c1-20(2,3)26-19(25)22-12-15-6-8-16(9-7-15)17-10-18(24-13-23-17)21-11-14-4-5-14;16-8-11-3-5-13(6-4-11)14-7-15(19-10-18-14)17-9-12-1-2-12;9-7-3-8(12-5-11-7)10-4-6-1-2-6;5-3-1-4(6)8-2-7-3/h6-10,13-14H,4-5,11-12H2,1-3H3,(H,22,25)(H,21,23,24);3-7,10,12H,1-2,8-9,16H2,(H,17,18,19);3,5-6H,1-2,4H2,(H,10,11,12);1-2H. The summed E-state index contributed by atoms with van der Waals surface area (Å²) in [5.74, 6) is 5.06. The molecule has 0 bridgehead atoms. The lowest BCUT2D eigenvalue weighted by Gasteiger charge is -2.19. The van der Waals surface area contributed by atoms with Crippen molar-refractivity contribution in [3.05, 3.63) is 125 Å². The van der Waals surface area contributed by atoms with E-state index in [1.54, 1.807) is 18.7 Å². The van der Waals surface area contributed by atoms with Crippen LogP contribution >= 0.6 is 34.8 Å². The van der Waals surface area contributed by atoms with Gasteiger partial charge in [-0.3, -0.25) is 0 Å². The number of hydrogen-bond donors (Lipinski definition) is 5. The van der Waals surface area contributed by atoms with Crippen LogP contribution in [0.1, 0.15) is 70.4 Å². The molecule has 0 atom stereocenters. The molecule has 6 aromatic rings. The number of benzene rings is 2. The summed E-state index contributed by atoms with van der Waals surface area (Å²) in [6, 6.07) is 23.3. The van der Waals surface area contributed by atoms with Gasteiger partial charge in [0.2, 0.25) is 0 Å². The van der Waals surface area contributed by atoms with Crippen LogP contribution in [0.5, 0.6) is 0 Å². The zero-order valence-corrected chi connectivity index (χ0v) is 39.1. The molecule has 2 aromatic carbocycles. The van der Waals surface area contributed by atoms with Crippen molar-refractivity contribution in [1.82, 2.24) is 45.2 Å². The molecule has 65 heavy (non-hydrogen) atoms. The molecule has 15 nitrogen and oxygen atoms in total. The lowest BCUT2D eigenvalue weighted by Crippen LogP contribution is -2.32. The highest BCUT2D eigenvalue weighted by molar-refractivity contribution is 6.33. The first-order valence-electron chi connectivity index (χ1n) is 21.7. The second-order valence-electron chi connectivity index (χ2n) is 16.9. The summed E-state index contributed by atoms with van der Waals surface area (Å²) in [7, 11) is 0. The molecule has 3 aliphatic rings. The first kappa shape index (κ1) is 48.7. The number of rotatable bonds is 14. The molecular formula is C47H56Cl3N13O2. The van der Waals surface area contributed by atoms with Gasteiger partial charge in [-0.25, -0.2) is 44.7 Å². The van der Waals surface area contributed by atoms with E-state index in [1.165, 1.54) is 57.2 Å². The molecule has 3 aliphatic carbocycles. The van der Waals surface area contributed by atoms with Crippen LogP contribution in [0.25, 0.3) is 22.5 Å². The maximum absolute atomic E-state index is 11.7. The van der Waals surface area contributed by atoms with Crippen LogP contribution in [0.15, 0.2) is 98.1 Å². The molecular weight excluding hydrogens is 885 g/mol. The molecule has 9 rings (SSSR count). The van der Waals surface area contributed by atoms with E-state index in [-0.39, 0.29) is 0 Å². The van der Waals surface area contributed by atoms with Gasteiger partial charge in [0.05, 0.1) is 11.4 Å². The van der Waals surface area contributed by atoms with Crippen molar-refractivity contribution in [2.45, 2.75) is 78.0 Å². The number of amides is 1. The van der Waals surface area contributed by atoms with Crippen LogP contribution < -0.4 is 27.0 Å². The highest BCUT2D eigenvalue weighted by Crippen LogP contribution is 2.30. The molecule has 18 heteroatoms. The number of alkyl carbamates (subject to hydrolysis) is 1. The van der Waals surface area contributed by atoms with E-state index in [0.29, 0.717) is 28.5 Å². The number of anilines is 3. The lowest BCUT2D eigenvalue weighted by molar-refractivity contribution is 0.0523. The minimum absolute atomic E-state index is 0.366. The lowest BCUT2D eigenvalue weighted by atomic mass is 10.1. The quantitative estimate of drug-likeness (QED) is 0.0645. The van der Waals surface area contributed by atoms with Gasteiger partial charge in [0, 0.05) is 68.1 Å². The Kier molecular flexibility index (Phi) is 18.4. The number of nitrogens with zero attached hydrogens (tertiary/aromatic N) is 8. The van der Waals surface area contributed by atoms with Crippen molar-refractivity contribution in [2.24, 2.45) is 23.5 Å². The summed E-state index contributed by atoms with van der Waals surface area (Å²) in [6.07, 6.45) is 13.5. The van der Waals surface area contributed by atoms with Gasteiger partial charge in [-0.15, -0.1) is 0 Å². The predicted octanol–water partition coefficient (Wildman–Crippen LogP) is 10.1. The monoisotopic (exact) mass is 939 g/mol. The van der Waals surface area contributed by atoms with E-state index in [9.17, 15) is 4.79 Å². The number of nitrogens with one attached hydrogen (secondary N) is 4. The Labute approximate surface area is 395 Å². The predicted molar refractivity (Wildman–Crippen MR) is 259 cm³/mol. The van der Waals surface area contributed by atoms with Gasteiger partial charge in [-0.1, -0.05) is 83.3 Å². The molecule has 0 radical (unpaired) electrons. The molecule has 3 saturated carbocycles. The zero-order valence-electron chi connectivity index (χ0n) is 36.9. The van der Waals surface area contributed by atoms with Gasteiger partial charge < -0.3 is 31.7 Å². The van der Waals surface area contributed by atoms with Gasteiger partial charge >= 0.3 is 6.09 Å². The third-order valence-corrected chi connectivity index (χ3v) is 10.6. The summed E-state index contributed by atoms with van der Waals surface area (Å²) >= 11 is 16.5. The maximum Gasteiger partial charge on any atom is 0.407 e. The number of hydrogen-bond acceptors (Lipinski definition) is 14. The van der Waals surface area contributed by atoms with E-state index in [2.05, 4.69) is 73.3 Å². The molecule has 0 unspecified atom stereocenters. The smallest absolute Gasteiger partial charge is 0.407 e. The van der Waals surface area contributed by atoms with Crippen molar-refractivity contribution in [2.75, 3.05) is 35.6 Å². The average Bonchev–Trinajstić information content (AvgIpc) is 4.15. The third kappa shape index (κ3) is 19.1. The van der Waals surface area contributed by atoms with Gasteiger partial charge in [0.15, 0.2) is 0 Å². The number of carbonyl (C=O) groups is 1. The van der Waals surface area contributed by atoms with Crippen molar-refractivity contribution in [3.63, 3.8) is 0 Å². The highest BCUT2D eigenvalue weighted by atomic mass is 35.5. The molecule has 0 spiro atoms. The largest absolute Gasteiger partial charge is 0.444 e. The van der Waals surface area contributed by atoms with Crippen molar-refractivity contribution in [3.8, 4) is 22.5 Å². The number of nitrogens with two attached hydrogens (primary N) is 1. The Morgan fingerprint density at radius 3 is 1.32 bits per heavy atom. The van der Waals surface area contributed by atoms with Crippen molar-refractivity contribution >= 4 is 58.3 Å². The minimum Gasteiger partial charge on any atom is -0.444 e. The second kappa shape index (κ2) is 24.5. The molecule has 342 valence electrons. The van der Waals surface area contributed by atoms with Gasteiger partial charge in [0.25, 0.3) is 0 Å². The fourth-order valence-corrected chi connectivity index (χ4v) is 6.27. The minimum atomic E-state index is -0.494. The van der Waals surface area contributed by atoms with Gasteiger partial charge in [0.1, 0.15) is 63.8 Å². The van der Waals surface area contributed by atoms with Gasteiger partial charge in [-0.05, 0) is 88.2 Å². The molecule has 1 amide bonds. The number of ether oxygens (including phenoxy) is 1. The van der Waals surface area contributed by atoms with Crippen LogP contribution in [0.2, 0.25) is 15.5 Å². The Bertz CT molecular complexity index is 2380. The Hall–Kier alpha value is -5.74. The fraction of sp³-hybridized carbons (Fsp3) is 0.383. The van der Waals surface area contributed by atoms with Gasteiger partial charge in [-0.2, -0.15) is 0 Å². The van der Waals surface area contributed by atoms with E-state index in [4.69, 9.17) is 45.3 Å². The third-order valence-electron chi connectivity index (χ3n) is 9.95. The van der Waals surface area contributed by atoms with Crippen LogP contribution in [0.4, 0.5) is 22.2 Å². The van der Waals surface area contributed by atoms with Crippen molar-refractivity contribution < 1.29 is 9.53 Å². The average molecular weight is 941 g/mol. The fourth-order valence-electron chi connectivity index (χ4n) is 5.77. The molecule has 6 N–H and O–H groups in total. The topological polar surface area (TPSA) is 204 Å². The van der Waals surface area contributed by atoms with Crippen LogP contribution in [-0.4, -0.2) is 71.2 Å². The Balaban J connectivity index is 0.000000156. The van der Waals surface area contributed by atoms with E-state index in [1.807, 2.05) is 69.3 Å². The zero-order chi connectivity index (χ0) is 46.0. The van der Waals surface area contributed by atoms with Crippen LogP contribution in [0.3, 0.4) is 0 Å². The molecule has 4 aromatic heterocycles. The first-order valence-corrected chi connectivity index (χ1v) is 22.8. The number of aromatic nitrogens is 8. The molecule has 3 fully saturated rings. The number of carbonyl (C=O) groups excluding carboxylic acids is 1. The molecule has 0 saturated heterocycles.